The van der Waals surface area contributed by atoms with Crippen molar-refractivity contribution in [2.75, 3.05) is 6.61 Å². The number of para-hydroxylation sites is 1. The van der Waals surface area contributed by atoms with E-state index in [1.165, 1.54) is 17.8 Å². The van der Waals surface area contributed by atoms with Crippen LogP contribution >= 0.6 is 11.6 Å². The molecule has 0 aliphatic rings. The quantitative estimate of drug-likeness (QED) is 0.247. The molecule has 0 aliphatic carbocycles. The van der Waals surface area contributed by atoms with Crippen molar-refractivity contribution in [3.63, 3.8) is 0 Å². The Bertz CT molecular complexity index is 1630. The van der Waals surface area contributed by atoms with Crippen LogP contribution in [0.2, 0.25) is 5.02 Å². The molecule has 0 amide bonds. The Morgan fingerprint density at radius 2 is 1.87 bits per heavy atom. The van der Waals surface area contributed by atoms with Crippen LogP contribution in [0.25, 0.3) is 22.3 Å². The molecule has 4 aromatic rings. The zero-order chi connectivity index (χ0) is 28.3. The molecule has 0 bridgehead atoms. The Kier molecular flexibility index (Phi) is 8.35. The van der Waals surface area contributed by atoms with E-state index in [9.17, 15) is 14.7 Å². The second-order valence-electron chi connectivity index (χ2n) is 9.39. The van der Waals surface area contributed by atoms with Crippen molar-refractivity contribution in [1.29, 1.82) is 0 Å². The third-order valence-electron chi connectivity index (χ3n) is 6.21. The summed E-state index contributed by atoms with van der Waals surface area (Å²) in [5.41, 5.74) is 3.21. The van der Waals surface area contributed by atoms with Gasteiger partial charge in [0.2, 0.25) is 0 Å². The number of aliphatic carboxylic acids is 1. The van der Waals surface area contributed by atoms with Crippen molar-refractivity contribution < 1.29 is 19.4 Å². The monoisotopic (exact) mass is 547 g/mol. The van der Waals surface area contributed by atoms with Gasteiger partial charge in [0, 0.05) is 16.1 Å². The first kappa shape index (κ1) is 27.9. The number of hydrogen-bond acceptors (Lipinski definition) is 6. The molecule has 0 aliphatic heterocycles. The van der Waals surface area contributed by atoms with Crippen molar-refractivity contribution in [3.05, 3.63) is 86.7 Å². The number of carbonyl (C=O) groups is 1. The van der Waals surface area contributed by atoms with Gasteiger partial charge in [0.05, 0.1) is 23.7 Å². The molecule has 39 heavy (non-hydrogen) atoms. The Morgan fingerprint density at radius 3 is 2.56 bits per heavy atom. The third-order valence-corrected chi connectivity index (χ3v) is 6.44. The average molecular weight is 548 g/mol. The van der Waals surface area contributed by atoms with E-state index < -0.39 is 12.1 Å². The molecule has 0 spiro atoms. The van der Waals surface area contributed by atoms with Crippen molar-refractivity contribution in [1.82, 2.24) is 9.66 Å². The number of nitrogens with zero attached hydrogens (tertiary/aromatic N) is 3. The average Bonchev–Trinajstić information content (AvgIpc) is 2.89. The topological polar surface area (TPSA) is 103 Å². The molecular weight excluding hydrogens is 518 g/mol. The minimum atomic E-state index is -1.11. The normalized spacial score (nSPS) is 12.3. The van der Waals surface area contributed by atoms with Gasteiger partial charge < -0.3 is 14.6 Å². The lowest BCUT2D eigenvalue weighted by Crippen LogP contribution is -2.23. The van der Waals surface area contributed by atoms with Gasteiger partial charge in [-0.15, -0.1) is 0 Å². The number of aromatic nitrogens is 2. The van der Waals surface area contributed by atoms with Gasteiger partial charge in [-0.05, 0) is 80.3 Å². The van der Waals surface area contributed by atoms with Crippen molar-refractivity contribution in [2.45, 2.75) is 46.6 Å². The minimum Gasteiger partial charge on any atom is -0.494 e. The molecule has 1 aromatic heterocycles. The van der Waals surface area contributed by atoms with Crippen LogP contribution in [0.3, 0.4) is 0 Å². The van der Waals surface area contributed by atoms with Gasteiger partial charge in [0.1, 0.15) is 11.5 Å². The summed E-state index contributed by atoms with van der Waals surface area (Å²) in [6.07, 6.45) is 0.324. The van der Waals surface area contributed by atoms with Gasteiger partial charge in [-0.2, -0.15) is 9.78 Å². The van der Waals surface area contributed by atoms with E-state index in [1.807, 2.05) is 32.0 Å². The second kappa shape index (κ2) is 11.7. The van der Waals surface area contributed by atoms with Crippen LogP contribution in [0, 0.1) is 6.92 Å². The number of halogens is 1. The Morgan fingerprint density at radius 1 is 1.13 bits per heavy atom. The number of carboxylic acids is 1. The molecule has 0 saturated carbocycles. The second-order valence-corrected chi connectivity index (χ2v) is 9.82. The summed E-state index contributed by atoms with van der Waals surface area (Å²) >= 11 is 6.22. The maximum absolute atomic E-state index is 13.7. The molecule has 3 aromatic carbocycles. The fourth-order valence-corrected chi connectivity index (χ4v) is 4.34. The van der Waals surface area contributed by atoms with E-state index in [1.54, 1.807) is 36.4 Å². The fraction of sp³-hybridized carbons (Fsp3) is 0.267. The molecule has 1 N–H and O–H groups in total. The minimum absolute atomic E-state index is 0.164. The number of carboxylic acid groups (broad SMARTS) is 1. The summed E-state index contributed by atoms with van der Waals surface area (Å²) in [5, 5.41) is 14.6. The van der Waals surface area contributed by atoms with Crippen LogP contribution in [-0.4, -0.2) is 39.7 Å². The van der Waals surface area contributed by atoms with Gasteiger partial charge in [-0.1, -0.05) is 37.6 Å². The molecule has 8 nitrogen and oxygen atoms in total. The highest BCUT2D eigenvalue weighted by Crippen LogP contribution is 2.34. The Hall–Kier alpha value is -4.17. The molecule has 202 valence electrons. The van der Waals surface area contributed by atoms with Crippen LogP contribution < -0.4 is 15.0 Å². The maximum Gasteiger partial charge on any atom is 0.344 e. The van der Waals surface area contributed by atoms with Crippen LogP contribution in [0.15, 0.2) is 64.5 Å². The lowest BCUT2D eigenvalue weighted by molar-refractivity contribution is -0.144. The zero-order valence-corrected chi connectivity index (χ0v) is 23.2. The number of aryl methyl sites for hydroxylation is 1. The number of benzene rings is 3. The number of fused-ring (bicyclic) bond motifs is 1. The maximum atomic E-state index is 13.7. The smallest absolute Gasteiger partial charge is 0.344 e. The van der Waals surface area contributed by atoms with Crippen LogP contribution in [0.5, 0.6) is 11.5 Å². The third kappa shape index (κ3) is 5.96. The van der Waals surface area contributed by atoms with E-state index >= 15 is 0 Å². The van der Waals surface area contributed by atoms with E-state index in [-0.39, 0.29) is 17.2 Å². The lowest BCUT2D eigenvalue weighted by Gasteiger charge is -2.18. The lowest BCUT2D eigenvalue weighted by atomic mass is 9.96. The van der Waals surface area contributed by atoms with Gasteiger partial charge in [-0.25, -0.2) is 9.78 Å². The van der Waals surface area contributed by atoms with Crippen LogP contribution in [-0.2, 0) is 4.79 Å². The van der Waals surface area contributed by atoms with Crippen molar-refractivity contribution in [2.24, 2.45) is 5.10 Å². The van der Waals surface area contributed by atoms with Gasteiger partial charge in [0.15, 0.2) is 11.9 Å². The van der Waals surface area contributed by atoms with E-state index in [4.69, 9.17) is 26.1 Å². The summed E-state index contributed by atoms with van der Waals surface area (Å²) < 4.78 is 12.7. The first-order valence-corrected chi connectivity index (χ1v) is 13.0. The first-order valence-electron chi connectivity index (χ1n) is 12.6. The molecule has 4 rings (SSSR count). The Labute approximate surface area is 231 Å². The predicted molar refractivity (Wildman–Crippen MR) is 154 cm³/mol. The molecule has 0 unspecified atom stereocenters. The van der Waals surface area contributed by atoms with Gasteiger partial charge in [0.25, 0.3) is 5.56 Å². The highest BCUT2D eigenvalue weighted by Gasteiger charge is 2.19. The zero-order valence-electron chi connectivity index (χ0n) is 22.4. The number of rotatable bonds is 9. The molecule has 1 heterocycles. The summed E-state index contributed by atoms with van der Waals surface area (Å²) in [5.74, 6) is 0.469. The van der Waals surface area contributed by atoms with Gasteiger partial charge in [-0.3, -0.25) is 4.79 Å². The van der Waals surface area contributed by atoms with Crippen molar-refractivity contribution in [3.8, 4) is 22.9 Å². The Balaban J connectivity index is 1.94. The summed E-state index contributed by atoms with van der Waals surface area (Å²) in [6.45, 7) is 9.99. The standard InChI is InChI=1S/C30H30ClN3O5/c1-6-38-27-13-18(4)24(15-23(27)17(2)3)28-33-25-10-8-7-9-22(25)29(35)34(28)32-16-20-14-21(31)11-12-26(20)39-19(5)30(36)37/h7-17,19H,6H2,1-5H3,(H,36,37)/t19-/m1/s1. The largest absolute Gasteiger partial charge is 0.494 e. The molecule has 0 radical (unpaired) electrons. The molecule has 1 atom stereocenters. The predicted octanol–water partition coefficient (Wildman–Crippen LogP) is 6.28. The van der Waals surface area contributed by atoms with Crippen molar-refractivity contribution >= 4 is 34.7 Å². The highest BCUT2D eigenvalue weighted by atomic mass is 35.5. The molecule has 0 saturated heterocycles. The molecular formula is C30H30ClN3O5. The number of hydrogen-bond donors (Lipinski definition) is 1. The fourth-order valence-electron chi connectivity index (χ4n) is 4.16. The van der Waals surface area contributed by atoms with E-state index in [2.05, 4.69) is 18.9 Å². The summed E-state index contributed by atoms with van der Waals surface area (Å²) in [6, 6.07) is 15.8. The van der Waals surface area contributed by atoms with Crippen LogP contribution in [0.4, 0.5) is 0 Å². The number of ether oxygens (including phenoxy) is 2. The van der Waals surface area contributed by atoms with E-state index in [0.717, 1.165) is 22.4 Å². The van der Waals surface area contributed by atoms with E-state index in [0.29, 0.717) is 33.9 Å². The highest BCUT2D eigenvalue weighted by molar-refractivity contribution is 6.30. The SMILES string of the molecule is CCOc1cc(C)c(-c2nc3ccccc3c(=O)n2N=Cc2cc(Cl)ccc2O[C@H](C)C(=O)O)cc1C(C)C. The first-order chi connectivity index (χ1) is 18.6. The van der Waals surface area contributed by atoms with Crippen LogP contribution in [0.1, 0.15) is 50.3 Å². The summed E-state index contributed by atoms with van der Waals surface area (Å²) in [7, 11) is 0. The molecule has 9 heteroatoms. The van der Waals surface area contributed by atoms with Gasteiger partial charge >= 0.3 is 5.97 Å². The summed E-state index contributed by atoms with van der Waals surface area (Å²) in [4.78, 5) is 29.9. The molecule has 0 fully saturated rings.